The predicted octanol–water partition coefficient (Wildman–Crippen LogP) is 7.25. The third-order valence-corrected chi connectivity index (χ3v) is 8.04. The number of hydrogen-bond acceptors (Lipinski definition) is 5. The molecule has 0 bridgehead atoms. The fourth-order valence-corrected chi connectivity index (χ4v) is 6.14. The van der Waals surface area contributed by atoms with Crippen LogP contribution >= 0.6 is 24.0 Å². The molecule has 1 aromatic heterocycles. The number of carbonyl (C=O) groups excluding carboxylic acids is 1. The Balaban J connectivity index is 1.47. The van der Waals surface area contributed by atoms with E-state index >= 15 is 0 Å². The molecule has 1 amide bonds. The van der Waals surface area contributed by atoms with E-state index in [1.54, 1.807) is 0 Å². The molecule has 0 atom stereocenters. The number of carbonyl (C=O) groups is 1. The van der Waals surface area contributed by atoms with Gasteiger partial charge >= 0.3 is 0 Å². The van der Waals surface area contributed by atoms with Crippen LogP contribution in [0.2, 0.25) is 0 Å². The van der Waals surface area contributed by atoms with Crippen LogP contribution in [0.5, 0.6) is 5.75 Å². The Hall–Kier alpha value is -2.90. The number of hydrogen-bond donors (Lipinski definition) is 0. The summed E-state index contributed by atoms with van der Waals surface area (Å²) in [6.45, 7) is 2.87. The van der Waals surface area contributed by atoms with Crippen LogP contribution in [-0.2, 0) is 4.79 Å². The van der Waals surface area contributed by atoms with Gasteiger partial charge in [-0.25, -0.2) is 4.68 Å². The molecule has 0 spiro atoms. The van der Waals surface area contributed by atoms with Crippen molar-refractivity contribution in [2.75, 3.05) is 6.61 Å². The Morgan fingerprint density at radius 3 is 2.56 bits per heavy atom. The fourth-order valence-electron chi connectivity index (χ4n) is 4.75. The van der Waals surface area contributed by atoms with Crippen molar-refractivity contribution < 1.29 is 9.53 Å². The molecular formula is C29H31N3O2S2. The van der Waals surface area contributed by atoms with Gasteiger partial charge in [-0.2, -0.15) is 5.10 Å². The van der Waals surface area contributed by atoms with Crippen LogP contribution < -0.4 is 4.74 Å². The maximum atomic E-state index is 13.4. The largest absolute Gasteiger partial charge is 0.494 e. The summed E-state index contributed by atoms with van der Waals surface area (Å²) >= 11 is 7.05. The standard InChI is InChI=1S/C29H31N3O2S2/c1-2-3-18-34-25-16-14-21(15-17-25)27-22(20-31(30-27)23-10-6-4-7-11-23)19-26-28(33)32(29(35)36-26)24-12-8-5-9-13-24/h4,6-7,10-11,14-17,19-20,24H,2-3,5,8-9,12-13,18H2,1H3/b26-19+. The second kappa shape index (κ2) is 11.4. The van der Waals surface area contributed by atoms with Crippen LogP contribution in [-0.4, -0.2) is 37.6 Å². The van der Waals surface area contributed by atoms with Gasteiger partial charge in [0.2, 0.25) is 0 Å². The summed E-state index contributed by atoms with van der Waals surface area (Å²) in [7, 11) is 0. The van der Waals surface area contributed by atoms with Crippen LogP contribution in [0.15, 0.2) is 65.7 Å². The minimum Gasteiger partial charge on any atom is -0.494 e. The molecule has 2 fully saturated rings. The summed E-state index contributed by atoms with van der Waals surface area (Å²) in [5.74, 6) is 0.875. The number of ether oxygens (including phenoxy) is 1. The van der Waals surface area contributed by atoms with Crippen LogP contribution in [0.4, 0.5) is 0 Å². The summed E-state index contributed by atoms with van der Waals surface area (Å²) in [5, 5.41) is 4.92. The zero-order chi connectivity index (χ0) is 24.9. The van der Waals surface area contributed by atoms with E-state index in [0.29, 0.717) is 15.8 Å². The first-order valence-corrected chi connectivity index (χ1v) is 14.0. The third kappa shape index (κ3) is 5.42. The van der Waals surface area contributed by atoms with E-state index in [4.69, 9.17) is 22.1 Å². The first-order valence-electron chi connectivity index (χ1n) is 12.8. The van der Waals surface area contributed by atoms with Crippen LogP contribution in [0.1, 0.15) is 57.4 Å². The summed E-state index contributed by atoms with van der Waals surface area (Å²) in [6, 6.07) is 18.3. The molecule has 2 heterocycles. The monoisotopic (exact) mass is 517 g/mol. The quantitative estimate of drug-likeness (QED) is 0.179. The van der Waals surface area contributed by atoms with Gasteiger partial charge in [0.25, 0.3) is 5.91 Å². The molecule has 2 aromatic carbocycles. The fraction of sp³-hybridized carbons (Fsp3) is 0.345. The average Bonchev–Trinajstić information content (AvgIpc) is 3.46. The van der Waals surface area contributed by atoms with E-state index < -0.39 is 0 Å². The molecule has 1 aliphatic heterocycles. The smallest absolute Gasteiger partial charge is 0.266 e. The summed E-state index contributed by atoms with van der Waals surface area (Å²) < 4.78 is 8.38. The van der Waals surface area contributed by atoms with Crippen molar-refractivity contribution in [2.45, 2.75) is 57.9 Å². The van der Waals surface area contributed by atoms with Crippen molar-refractivity contribution >= 4 is 40.3 Å². The lowest BCUT2D eigenvalue weighted by Crippen LogP contribution is -2.39. The van der Waals surface area contributed by atoms with Gasteiger partial charge in [-0.3, -0.25) is 9.69 Å². The Bertz CT molecular complexity index is 1250. The van der Waals surface area contributed by atoms with Crippen LogP contribution in [0, 0.1) is 0 Å². The molecular weight excluding hydrogens is 486 g/mol. The highest BCUT2D eigenvalue weighted by atomic mass is 32.2. The highest BCUT2D eigenvalue weighted by Crippen LogP contribution is 2.38. The van der Waals surface area contributed by atoms with E-state index in [9.17, 15) is 4.79 Å². The zero-order valence-corrected chi connectivity index (χ0v) is 22.2. The molecule has 0 radical (unpaired) electrons. The molecule has 2 aliphatic rings. The lowest BCUT2D eigenvalue weighted by molar-refractivity contribution is -0.124. The first-order chi connectivity index (χ1) is 17.6. The third-order valence-electron chi connectivity index (χ3n) is 6.71. The van der Waals surface area contributed by atoms with Gasteiger partial charge in [0, 0.05) is 23.4 Å². The van der Waals surface area contributed by atoms with Gasteiger partial charge in [0.1, 0.15) is 10.1 Å². The number of para-hydroxylation sites is 1. The Labute approximate surface area is 222 Å². The molecule has 186 valence electrons. The lowest BCUT2D eigenvalue weighted by atomic mass is 9.94. The number of benzene rings is 2. The zero-order valence-electron chi connectivity index (χ0n) is 20.6. The molecule has 1 saturated carbocycles. The average molecular weight is 518 g/mol. The topological polar surface area (TPSA) is 47.4 Å². The molecule has 36 heavy (non-hydrogen) atoms. The molecule has 0 N–H and O–H groups in total. The van der Waals surface area contributed by atoms with Gasteiger partial charge in [0.05, 0.1) is 22.9 Å². The summed E-state index contributed by atoms with van der Waals surface area (Å²) in [6.07, 6.45) is 11.7. The van der Waals surface area contributed by atoms with Gasteiger partial charge in [-0.05, 0) is 61.7 Å². The number of rotatable bonds is 8. The highest BCUT2D eigenvalue weighted by Gasteiger charge is 2.37. The van der Waals surface area contributed by atoms with Gasteiger partial charge in [-0.1, -0.05) is 74.8 Å². The normalized spacial score (nSPS) is 17.8. The van der Waals surface area contributed by atoms with Crippen LogP contribution in [0.25, 0.3) is 23.0 Å². The highest BCUT2D eigenvalue weighted by molar-refractivity contribution is 8.26. The molecule has 1 aliphatic carbocycles. The Morgan fingerprint density at radius 2 is 1.83 bits per heavy atom. The molecule has 3 aromatic rings. The number of aromatic nitrogens is 2. The number of thioether (sulfide) groups is 1. The van der Waals surface area contributed by atoms with Crippen molar-refractivity contribution in [2.24, 2.45) is 0 Å². The minimum absolute atomic E-state index is 0.0231. The van der Waals surface area contributed by atoms with Crippen molar-refractivity contribution in [3.05, 3.63) is 71.3 Å². The minimum atomic E-state index is 0.0231. The first kappa shape index (κ1) is 24.8. The Kier molecular flexibility index (Phi) is 7.87. The molecule has 0 unspecified atom stereocenters. The lowest BCUT2D eigenvalue weighted by Gasteiger charge is -2.29. The summed E-state index contributed by atoms with van der Waals surface area (Å²) in [4.78, 5) is 15.9. The van der Waals surface area contributed by atoms with Crippen molar-refractivity contribution in [3.63, 3.8) is 0 Å². The molecule has 7 heteroatoms. The van der Waals surface area contributed by atoms with E-state index in [2.05, 4.69) is 6.92 Å². The number of unbranched alkanes of at least 4 members (excludes halogenated alkanes) is 1. The van der Waals surface area contributed by atoms with E-state index in [0.717, 1.165) is 66.8 Å². The SMILES string of the molecule is CCCCOc1ccc(-c2nn(-c3ccccc3)cc2/C=C2/SC(=S)N(C3CCCCC3)C2=O)cc1. The Morgan fingerprint density at radius 1 is 1.08 bits per heavy atom. The van der Waals surface area contributed by atoms with E-state index in [-0.39, 0.29) is 11.9 Å². The summed E-state index contributed by atoms with van der Waals surface area (Å²) in [5.41, 5.74) is 3.65. The van der Waals surface area contributed by atoms with E-state index in [1.807, 2.05) is 76.5 Å². The molecule has 5 rings (SSSR count). The number of amides is 1. The van der Waals surface area contributed by atoms with Crippen molar-refractivity contribution in [3.8, 4) is 22.7 Å². The van der Waals surface area contributed by atoms with E-state index in [1.165, 1.54) is 18.2 Å². The van der Waals surface area contributed by atoms with Gasteiger partial charge in [0.15, 0.2) is 0 Å². The maximum absolute atomic E-state index is 13.4. The number of nitrogens with zero attached hydrogens (tertiary/aromatic N) is 3. The predicted molar refractivity (Wildman–Crippen MR) is 151 cm³/mol. The van der Waals surface area contributed by atoms with Crippen molar-refractivity contribution in [1.82, 2.24) is 14.7 Å². The van der Waals surface area contributed by atoms with Crippen LogP contribution in [0.3, 0.4) is 0 Å². The molecule has 5 nitrogen and oxygen atoms in total. The van der Waals surface area contributed by atoms with Crippen molar-refractivity contribution in [1.29, 1.82) is 0 Å². The maximum Gasteiger partial charge on any atom is 0.266 e. The molecule has 1 saturated heterocycles. The van der Waals surface area contributed by atoms with Gasteiger partial charge in [-0.15, -0.1) is 0 Å². The number of thiocarbonyl (C=S) groups is 1. The second-order valence-corrected chi connectivity index (χ2v) is 11.0. The second-order valence-electron chi connectivity index (χ2n) is 9.28. The van der Waals surface area contributed by atoms with Gasteiger partial charge < -0.3 is 4.74 Å².